The van der Waals surface area contributed by atoms with Gasteiger partial charge >= 0.3 is 0 Å². The lowest BCUT2D eigenvalue weighted by molar-refractivity contribution is -0.130. The summed E-state index contributed by atoms with van der Waals surface area (Å²) in [4.78, 5) is 19.1. The van der Waals surface area contributed by atoms with Crippen LogP contribution < -0.4 is 10.6 Å². The quantitative estimate of drug-likeness (QED) is 0.370. The van der Waals surface area contributed by atoms with E-state index in [4.69, 9.17) is 0 Å². The Morgan fingerprint density at radius 2 is 1.93 bits per heavy atom. The van der Waals surface area contributed by atoms with Gasteiger partial charge in [-0.1, -0.05) is 37.6 Å². The molecule has 1 heterocycles. The van der Waals surface area contributed by atoms with Gasteiger partial charge in [0.25, 0.3) is 0 Å². The van der Waals surface area contributed by atoms with Gasteiger partial charge in [0, 0.05) is 26.2 Å². The Kier molecular flexibility index (Phi) is 8.38. The van der Waals surface area contributed by atoms with Crippen molar-refractivity contribution in [1.29, 1.82) is 0 Å². The van der Waals surface area contributed by atoms with Gasteiger partial charge in [0.2, 0.25) is 5.91 Å². The lowest BCUT2D eigenvalue weighted by atomic mass is 9.67. The van der Waals surface area contributed by atoms with E-state index >= 15 is 0 Å². The average Bonchev–Trinajstić information content (AvgIpc) is 2.64. The van der Waals surface area contributed by atoms with Crippen molar-refractivity contribution < 1.29 is 4.79 Å². The molecule has 0 saturated heterocycles. The molecule has 1 aromatic rings. The molecule has 3 rings (SSSR count). The van der Waals surface area contributed by atoms with Gasteiger partial charge in [0.05, 0.1) is 0 Å². The van der Waals surface area contributed by atoms with Crippen molar-refractivity contribution in [2.24, 2.45) is 10.4 Å². The maximum atomic E-state index is 12.6. The van der Waals surface area contributed by atoms with Crippen LogP contribution >= 0.6 is 24.0 Å². The predicted molar refractivity (Wildman–Crippen MR) is 122 cm³/mol. The molecule has 1 fully saturated rings. The SMILES string of the molecule is CCNC(=NCC(=O)N1CCc2ccccc2C1)NCC1(CC)CCC1.I. The zero-order valence-corrected chi connectivity index (χ0v) is 18.9. The summed E-state index contributed by atoms with van der Waals surface area (Å²) < 4.78 is 0. The molecule has 1 aromatic carbocycles. The van der Waals surface area contributed by atoms with Crippen molar-refractivity contribution in [2.45, 2.75) is 52.5 Å². The molecule has 150 valence electrons. The number of rotatable bonds is 6. The third-order valence-corrected chi connectivity index (χ3v) is 6.00. The smallest absolute Gasteiger partial charge is 0.244 e. The van der Waals surface area contributed by atoms with Crippen LogP contribution in [-0.2, 0) is 17.8 Å². The Balaban J connectivity index is 0.00000261. The molecule has 6 heteroatoms. The fourth-order valence-corrected chi connectivity index (χ4v) is 3.90. The Labute approximate surface area is 180 Å². The predicted octanol–water partition coefficient (Wildman–Crippen LogP) is 3.32. The number of fused-ring (bicyclic) bond motifs is 1. The van der Waals surface area contributed by atoms with Gasteiger partial charge < -0.3 is 15.5 Å². The summed E-state index contributed by atoms with van der Waals surface area (Å²) in [5.41, 5.74) is 3.05. The zero-order chi connectivity index (χ0) is 18.4. The standard InChI is InChI=1S/C21H32N4O.HI/c1-3-21(11-7-12-21)16-24-20(22-4-2)23-14-19(26)25-13-10-17-8-5-6-9-18(17)15-25;/h5-6,8-9H,3-4,7,10-16H2,1-2H3,(H2,22,23,24);1H. The van der Waals surface area contributed by atoms with Gasteiger partial charge in [-0.15, -0.1) is 24.0 Å². The minimum Gasteiger partial charge on any atom is -0.357 e. The second-order valence-electron chi connectivity index (χ2n) is 7.59. The first-order chi connectivity index (χ1) is 12.7. The van der Waals surface area contributed by atoms with E-state index < -0.39 is 0 Å². The van der Waals surface area contributed by atoms with Gasteiger partial charge in [0.15, 0.2) is 5.96 Å². The number of carbonyl (C=O) groups is 1. The minimum atomic E-state index is 0. The van der Waals surface area contributed by atoms with E-state index in [0.29, 0.717) is 12.0 Å². The molecular weight excluding hydrogens is 451 g/mol. The number of nitrogens with zero attached hydrogens (tertiary/aromatic N) is 2. The van der Waals surface area contributed by atoms with Crippen LogP contribution in [0.2, 0.25) is 0 Å². The van der Waals surface area contributed by atoms with Crippen molar-refractivity contribution in [3.05, 3.63) is 35.4 Å². The van der Waals surface area contributed by atoms with E-state index in [1.54, 1.807) is 0 Å². The Morgan fingerprint density at radius 1 is 1.19 bits per heavy atom. The number of hydrogen-bond donors (Lipinski definition) is 2. The van der Waals surface area contributed by atoms with Gasteiger partial charge in [-0.3, -0.25) is 4.79 Å². The third kappa shape index (κ3) is 5.59. The van der Waals surface area contributed by atoms with Crippen LogP contribution in [-0.4, -0.2) is 42.9 Å². The highest BCUT2D eigenvalue weighted by atomic mass is 127. The van der Waals surface area contributed by atoms with Crippen LogP contribution in [0.25, 0.3) is 0 Å². The number of aliphatic imine (C=N–C) groups is 1. The minimum absolute atomic E-state index is 0. The van der Waals surface area contributed by atoms with Gasteiger partial charge in [0.1, 0.15) is 6.54 Å². The van der Waals surface area contributed by atoms with Crippen molar-refractivity contribution in [3.63, 3.8) is 0 Å². The highest BCUT2D eigenvalue weighted by Gasteiger charge is 2.34. The van der Waals surface area contributed by atoms with Crippen LogP contribution in [0.3, 0.4) is 0 Å². The maximum absolute atomic E-state index is 12.6. The van der Waals surface area contributed by atoms with Crippen molar-refractivity contribution in [1.82, 2.24) is 15.5 Å². The molecule has 1 aliphatic heterocycles. The summed E-state index contributed by atoms with van der Waals surface area (Å²) in [6, 6.07) is 8.39. The van der Waals surface area contributed by atoms with E-state index in [0.717, 1.165) is 32.0 Å². The number of carbonyl (C=O) groups excluding carboxylic acids is 1. The molecule has 1 saturated carbocycles. The summed E-state index contributed by atoms with van der Waals surface area (Å²) in [6.07, 6.45) is 6.05. The van der Waals surface area contributed by atoms with Crippen LogP contribution in [0.4, 0.5) is 0 Å². The summed E-state index contributed by atoms with van der Waals surface area (Å²) in [6.45, 7) is 7.76. The first-order valence-corrected chi connectivity index (χ1v) is 10.0. The molecule has 0 bridgehead atoms. The summed E-state index contributed by atoms with van der Waals surface area (Å²) in [5.74, 6) is 0.864. The van der Waals surface area contributed by atoms with Crippen LogP contribution in [0.15, 0.2) is 29.3 Å². The highest BCUT2D eigenvalue weighted by molar-refractivity contribution is 14.0. The number of halogens is 1. The molecular formula is C21H33IN4O. The number of benzene rings is 1. The highest BCUT2D eigenvalue weighted by Crippen LogP contribution is 2.42. The zero-order valence-electron chi connectivity index (χ0n) is 16.6. The summed E-state index contributed by atoms with van der Waals surface area (Å²) >= 11 is 0. The lowest BCUT2D eigenvalue weighted by Crippen LogP contribution is -2.46. The fourth-order valence-electron chi connectivity index (χ4n) is 3.90. The Hall–Kier alpha value is -1.31. The summed E-state index contributed by atoms with van der Waals surface area (Å²) in [5, 5.41) is 6.73. The molecule has 0 spiro atoms. The molecule has 2 N–H and O–H groups in total. The molecule has 2 aliphatic rings. The van der Waals surface area contributed by atoms with E-state index in [9.17, 15) is 4.79 Å². The molecule has 0 aromatic heterocycles. The first-order valence-electron chi connectivity index (χ1n) is 10.0. The topological polar surface area (TPSA) is 56.7 Å². The molecule has 27 heavy (non-hydrogen) atoms. The van der Waals surface area contributed by atoms with E-state index in [1.165, 1.54) is 36.8 Å². The van der Waals surface area contributed by atoms with Crippen molar-refractivity contribution >= 4 is 35.8 Å². The first kappa shape index (κ1) is 22.0. The van der Waals surface area contributed by atoms with E-state index in [-0.39, 0.29) is 36.4 Å². The second kappa shape index (κ2) is 10.3. The van der Waals surface area contributed by atoms with Crippen LogP contribution in [0, 0.1) is 5.41 Å². The Morgan fingerprint density at radius 3 is 2.56 bits per heavy atom. The van der Waals surface area contributed by atoms with Crippen molar-refractivity contribution in [3.8, 4) is 0 Å². The van der Waals surface area contributed by atoms with E-state index in [1.807, 2.05) is 11.0 Å². The van der Waals surface area contributed by atoms with Crippen LogP contribution in [0.5, 0.6) is 0 Å². The Bertz CT molecular complexity index is 652. The second-order valence-corrected chi connectivity index (χ2v) is 7.59. The average molecular weight is 484 g/mol. The molecule has 0 unspecified atom stereocenters. The number of nitrogens with one attached hydrogen (secondary N) is 2. The number of hydrogen-bond acceptors (Lipinski definition) is 2. The maximum Gasteiger partial charge on any atom is 0.244 e. The van der Waals surface area contributed by atoms with E-state index in [2.05, 4.69) is 47.7 Å². The molecule has 5 nitrogen and oxygen atoms in total. The van der Waals surface area contributed by atoms with Crippen LogP contribution in [0.1, 0.15) is 50.7 Å². The fraction of sp³-hybridized carbons (Fsp3) is 0.619. The molecule has 1 aliphatic carbocycles. The lowest BCUT2D eigenvalue weighted by Gasteiger charge is -2.41. The van der Waals surface area contributed by atoms with Gasteiger partial charge in [-0.05, 0) is 49.1 Å². The largest absolute Gasteiger partial charge is 0.357 e. The number of amides is 1. The monoisotopic (exact) mass is 484 g/mol. The molecule has 1 amide bonds. The van der Waals surface area contributed by atoms with Gasteiger partial charge in [-0.2, -0.15) is 0 Å². The normalized spacial score (nSPS) is 18.0. The van der Waals surface area contributed by atoms with Crippen molar-refractivity contribution in [2.75, 3.05) is 26.2 Å². The molecule has 0 radical (unpaired) electrons. The number of guanidine groups is 1. The third-order valence-electron chi connectivity index (χ3n) is 6.00. The molecule has 0 atom stereocenters. The van der Waals surface area contributed by atoms with Gasteiger partial charge in [-0.25, -0.2) is 4.99 Å². The summed E-state index contributed by atoms with van der Waals surface area (Å²) in [7, 11) is 0.